The summed E-state index contributed by atoms with van der Waals surface area (Å²) in [5.74, 6) is 1.93. The fourth-order valence-corrected chi connectivity index (χ4v) is 4.43. The summed E-state index contributed by atoms with van der Waals surface area (Å²) in [6, 6.07) is 1.89. The maximum absolute atomic E-state index is 12.6. The van der Waals surface area contributed by atoms with Crippen LogP contribution in [0.3, 0.4) is 0 Å². The highest BCUT2D eigenvalue weighted by Crippen LogP contribution is 2.31. The molecule has 3 rings (SSSR count). The van der Waals surface area contributed by atoms with E-state index in [1.807, 2.05) is 13.0 Å². The second-order valence-corrected chi connectivity index (χ2v) is 8.30. The van der Waals surface area contributed by atoms with Crippen molar-refractivity contribution in [2.24, 2.45) is 5.92 Å². The summed E-state index contributed by atoms with van der Waals surface area (Å²) in [5.41, 5.74) is 1.96. The van der Waals surface area contributed by atoms with E-state index in [-0.39, 0.29) is 5.56 Å². The Kier molecular flexibility index (Phi) is 5.10. The van der Waals surface area contributed by atoms with Crippen LogP contribution < -0.4 is 5.56 Å². The maximum atomic E-state index is 12.6. The van der Waals surface area contributed by atoms with E-state index >= 15 is 0 Å². The number of rotatable bonds is 6. The quantitative estimate of drug-likeness (QED) is 0.517. The largest absolute Gasteiger partial charge is 0.360 e. The summed E-state index contributed by atoms with van der Waals surface area (Å²) in [4.78, 5) is 22.1. The van der Waals surface area contributed by atoms with Gasteiger partial charge >= 0.3 is 0 Å². The van der Waals surface area contributed by atoms with Crippen LogP contribution >= 0.6 is 23.1 Å². The second-order valence-electron chi connectivity index (χ2n) is 6.13. The molecule has 0 saturated carbocycles. The third kappa shape index (κ3) is 3.57. The van der Waals surface area contributed by atoms with Crippen LogP contribution in [-0.2, 0) is 12.2 Å². The number of hydrogen-bond donors (Lipinski definition) is 1. The predicted octanol–water partition coefficient (Wildman–Crippen LogP) is 4.47. The molecule has 7 heteroatoms. The number of nitrogens with zero attached hydrogens (tertiary/aromatic N) is 2. The van der Waals surface area contributed by atoms with E-state index in [0.717, 1.165) is 40.1 Å². The van der Waals surface area contributed by atoms with Crippen molar-refractivity contribution < 1.29 is 4.52 Å². The average molecular weight is 364 g/mol. The minimum Gasteiger partial charge on any atom is -0.360 e. The highest BCUT2D eigenvalue weighted by Gasteiger charge is 2.17. The van der Waals surface area contributed by atoms with Crippen molar-refractivity contribution in [3.63, 3.8) is 0 Å². The van der Waals surface area contributed by atoms with Crippen LogP contribution in [0, 0.1) is 19.8 Å². The number of thioether (sulfide) groups is 1. The van der Waals surface area contributed by atoms with Crippen LogP contribution in [0.1, 0.15) is 42.2 Å². The molecule has 24 heavy (non-hydrogen) atoms. The van der Waals surface area contributed by atoms with Crippen LogP contribution in [0.5, 0.6) is 0 Å². The number of aromatic nitrogens is 3. The number of hydrogen-bond acceptors (Lipinski definition) is 6. The summed E-state index contributed by atoms with van der Waals surface area (Å²) in [7, 11) is 0. The van der Waals surface area contributed by atoms with Crippen LogP contribution in [-0.4, -0.2) is 15.1 Å². The molecule has 1 atom stereocenters. The summed E-state index contributed by atoms with van der Waals surface area (Å²) in [6.45, 7) is 8.36. The molecule has 0 amide bonds. The van der Waals surface area contributed by atoms with E-state index in [0.29, 0.717) is 16.8 Å². The molecule has 3 heterocycles. The van der Waals surface area contributed by atoms with Crippen molar-refractivity contribution in [1.29, 1.82) is 0 Å². The molecular formula is C17H21N3O2S2. The van der Waals surface area contributed by atoms with Crippen LogP contribution in [0.25, 0.3) is 10.2 Å². The van der Waals surface area contributed by atoms with Crippen LogP contribution in [0.4, 0.5) is 0 Å². The van der Waals surface area contributed by atoms with Gasteiger partial charge in [-0.15, -0.1) is 11.3 Å². The van der Waals surface area contributed by atoms with Crippen molar-refractivity contribution in [2.75, 3.05) is 0 Å². The molecule has 0 radical (unpaired) electrons. The highest BCUT2D eigenvalue weighted by molar-refractivity contribution is 7.98. The summed E-state index contributed by atoms with van der Waals surface area (Å²) in [5, 5.41) is 5.25. The molecule has 3 aromatic heterocycles. The van der Waals surface area contributed by atoms with E-state index in [1.54, 1.807) is 11.3 Å². The Morgan fingerprint density at radius 1 is 1.42 bits per heavy atom. The highest BCUT2D eigenvalue weighted by atomic mass is 32.2. The Morgan fingerprint density at radius 3 is 2.88 bits per heavy atom. The normalized spacial score (nSPS) is 12.8. The van der Waals surface area contributed by atoms with Gasteiger partial charge in [-0.2, -0.15) is 0 Å². The van der Waals surface area contributed by atoms with Gasteiger partial charge in [0.2, 0.25) is 0 Å². The average Bonchev–Trinajstić information content (AvgIpc) is 3.09. The van der Waals surface area contributed by atoms with Gasteiger partial charge in [0, 0.05) is 10.9 Å². The first kappa shape index (κ1) is 17.2. The van der Waals surface area contributed by atoms with E-state index in [1.165, 1.54) is 16.6 Å². The minimum atomic E-state index is -0.0427. The molecule has 1 N–H and O–H groups in total. The van der Waals surface area contributed by atoms with Crippen molar-refractivity contribution in [3.8, 4) is 0 Å². The number of nitrogens with one attached hydrogen (secondary N) is 1. The predicted molar refractivity (Wildman–Crippen MR) is 98.9 cm³/mol. The zero-order valence-corrected chi connectivity index (χ0v) is 15.9. The maximum Gasteiger partial charge on any atom is 0.260 e. The molecule has 0 aliphatic rings. The SMILES string of the molecule is CCC(C)Cc1c(C)sc2nc(SCc3cc(C)no3)[nH]c(=O)c12. The lowest BCUT2D eigenvalue weighted by atomic mass is 9.98. The number of fused-ring (bicyclic) bond motifs is 1. The Morgan fingerprint density at radius 2 is 2.21 bits per heavy atom. The molecule has 5 nitrogen and oxygen atoms in total. The Bertz CT molecular complexity index is 910. The van der Waals surface area contributed by atoms with Gasteiger partial charge in [-0.3, -0.25) is 4.79 Å². The van der Waals surface area contributed by atoms with Crippen molar-refractivity contribution >= 4 is 33.3 Å². The lowest BCUT2D eigenvalue weighted by molar-refractivity contribution is 0.391. The second kappa shape index (κ2) is 7.11. The summed E-state index contributed by atoms with van der Waals surface area (Å²) in [6.07, 6.45) is 2.03. The molecule has 1 unspecified atom stereocenters. The van der Waals surface area contributed by atoms with Gasteiger partial charge in [-0.05, 0) is 31.7 Å². The van der Waals surface area contributed by atoms with Crippen molar-refractivity contribution in [1.82, 2.24) is 15.1 Å². The first-order chi connectivity index (χ1) is 11.5. The molecule has 0 aliphatic carbocycles. The molecule has 128 valence electrons. The third-order valence-electron chi connectivity index (χ3n) is 4.12. The molecule has 0 fully saturated rings. The number of thiophene rings is 1. The monoisotopic (exact) mass is 363 g/mol. The van der Waals surface area contributed by atoms with Crippen LogP contribution in [0.2, 0.25) is 0 Å². The zero-order valence-electron chi connectivity index (χ0n) is 14.3. The molecule has 3 aromatic rings. The van der Waals surface area contributed by atoms with Gasteiger partial charge in [-0.25, -0.2) is 4.98 Å². The molecule has 0 aliphatic heterocycles. The molecule has 0 bridgehead atoms. The number of aryl methyl sites for hydroxylation is 2. The minimum absolute atomic E-state index is 0.0427. The summed E-state index contributed by atoms with van der Waals surface area (Å²) >= 11 is 3.06. The van der Waals surface area contributed by atoms with E-state index in [9.17, 15) is 4.79 Å². The van der Waals surface area contributed by atoms with Gasteiger partial charge in [0.1, 0.15) is 10.6 Å². The van der Waals surface area contributed by atoms with Gasteiger partial charge in [0.05, 0.1) is 16.8 Å². The first-order valence-electron chi connectivity index (χ1n) is 8.05. The molecular weight excluding hydrogens is 342 g/mol. The van der Waals surface area contributed by atoms with Gasteiger partial charge in [0.15, 0.2) is 5.16 Å². The van der Waals surface area contributed by atoms with Crippen molar-refractivity contribution in [3.05, 3.63) is 38.3 Å². The lowest BCUT2D eigenvalue weighted by Gasteiger charge is -2.08. The topological polar surface area (TPSA) is 71.8 Å². The van der Waals surface area contributed by atoms with E-state index in [4.69, 9.17) is 4.52 Å². The first-order valence-corrected chi connectivity index (χ1v) is 9.85. The van der Waals surface area contributed by atoms with Gasteiger partial charge in [-0.1, -0.05) is 37.2 Å². The Labute approximate surface area is 148 Å². The fourth-order valence-electron chi connectivity index (χ4n) is 2.59. The van der Waals surface area contributed by atoms with E-state index in [2.05, 4.69) is 35.9 Å². The molecule has 0 saturated heterocycles. The zero-order chi connectivity index (χ0) is 17.3. The van der Waals surface area contributed by atoms with Gasteiger partial charge in [0.25, 0.3) is 5.56 Å². The number of aromatic amines is 1. The Balaban J connectivity index is 1.89. The number of H-pyrrole nitrogens is 1. The van der Waals surface area contributed by atoms with Crippen molar-refractivity contribution in [2.45, 2.75) is 51.4 Å². The van der Waals surface area contributed by atoms with E-state index < -0.39 is 0 Å². The Hall–Kier alpha value is -1.60. The fraction of sp³-hybridized carbons (Fsp3) is 0.471. The lowest BCUT2D eigenvalue weighted by Crippen LogP contribution is -2.11. The summed E-state index contributed by atoms with van der Waals surface area (Å²) < 4.78 is 5.20. The molecule has 0 spiro atoms. The molecule has 0 aromatic carbocycles. The standard InChI is InChI=1S/C17H21N3O2S2/c1-5-9(2)6-13-11(4)24-16-14(13)15(21)18-17(19-16)23-8-12-7-10(3)20-22-12/h7,9H,5-6,8H2,1-4H3,(H,18,19,21). The van der Waals surface area contributed by atoms with Gasteiger partial charge < -0.3 is 9.51 Å². The van der Waals surface area contributed by atoms with Crippen LogP contribution in [0.15, 0.2) is 20.5 Å². The smallest absolute Gasteiger partial charge is 0.260 e. The third-order valence-corrected chi connectivity index (χ3v) is 6.06.